The minimum atomic E-state index is -0.503. The Bertz CT molecular complexity index is 104. The molecule has 0 aliphatic carbocycles. The largest absolute Gasteiger partial charge is 0.390 e. The second kappa shape index (κ2) is 2.89. The molecule has 0 aromatic rings. The standard InChI is InChI=1S/C8H16O2/c1-3-8(2,9)7-4-5-10-6-7/h7,9H,3-6H2,1-2H3. The molecule has 0 saturated carbocycles. The maximum Gasteiger partial charge on any atom is 0.0668 e. The van der Waals surface area contributed by atoms with Crippen molar-refractivity contribution >= 4 is 0 Å². The van der Waals surface area contributed by atoms with E-state index in [4.69, 9.17) is 4.74 Å². The summed E-state index contributed by atoms with van der Waals surface area (Å²) in [5.41, 5.74) is -0.503. The quantitative estimate of drug-likeness (QED) is 0.630. The molecule has 10 heavy (non-hydrogen) atoms. The predicted octanol–water partition coefficient (Wildman–Crippen LogP) is 1.18. The van der Waals surface area contributed by atoms with Crippen LogP contribution in [0, 0.1) is 5.92 Å². The Morgan fingerprint density at radius 1 is 1.70 bits per heavy atom. The van der Waals surface area contributed by atoms with Gasteiger partial charge >= 0.3 is 0 Å². The zero-order valence-electron chi connectivity index (χ0n) is 6.76. The Morgan fingerprint density at radius 2 is 2.40 bits per heavy atom. The van der Waals surface area contributed by atoms with Gasteiger partial charge in [-0.2, -0.15) is 0 Å². The molecule has 0 spiro atoms. The molecule has 60 valence electrons. The van der Waals surface area contributed by atoms with Crippen LogP contribution in [-0.2, 0) is 4.74 Å². The van der Waals surface area contributed by atoms with Crippen LogP contribution in [0.1, 0.15) is 26.7 Å². The Kier molecular flexibility index (Phi) is 2.32. The zero-order chi connectivity index (χ0) is 7.61. The number of aliphatic hydroxyl groups is 1. The minimum absolute atomic E-state index is 0.359. The van der Waals surface area contributed by atoms with Gasteiger partial charge in [0.1, 0.15) is 0 Å². The molecule has 2 nitrogen and oxygen atoms in total. The van der Waals surface area contributed by atoms with E-state index in [-0.39, 0.29) is 0 Å². The van der Waals surface area contributed by atoms with Crippen LogP contribution in [-0.4, -0.2) is 23.9 Å². The van der Waals surface area contributed by atoms with Gasteiger partial charge < -0.3 is 9.84 Å². The van der Waals surface area contributed by atoms with E-state index in [1.54, 1.807) is 0 Å². The van der Waals surface area contributed by atoms with Gasteiger partial charge in [-0.25, -0.2) is 0 Å². The van der Waals surface area contributed by atoms with Gasteiger partial charge in [0.25, 0.3) is 0 Å². The fourth-order valence-electron chi connectivity index (χ4n) is 1.31. The number of ether oxygens (including phenoxy) is 1. The highest BCUT2D eigenvalue weighted by Crippen LogP contribution is 2.27. The summed E-state index contributed by atoms with van der Waals surface area (Å²) in [6.07, 6.45) is 1.84. The zero-order valence-corrected chi connectivity index (χ0v) is 6.76. The molecule has 2 heteroatoms. The summed E-state index contributed by atoms with van der Waals surface area (Å²) in [7, 11) is 0. The molecule has 1 fully saturated rings. The van der Waals surface area contributed by atoms with Crippen LogP contribution < -0.4 is 0 Å². The Morgan fingerprint density at radius 3 is 2.80 bits per heavy atom. The van der Waals surface area contributed by atoms with Crippen LogP contribution >= 0.6 is 0 Å². The first-order valence-electron chi connectivity index (χ1n) is 3.97. The molecule has 0 amide bonds. The van der Waals surface area contributed by atoms with Gasteiger partial charge in [0.05, 0.1) is 12.2 Å². The van der Waals surface area contributed by atoms with E-state index in [1.807, 2.05) is 13.8 Å². The topological polar surface area (TPSA) is 29.5 Å². The normalized spacial score (nSPS) is 32.1. The van der Waals surface area contributed by atoms with E-state index in [1.165, 1.54) is 0 Å². The lowest BCUT2D eigenvalue weighted by Crippen LogP contribution is -2.33. The van der Waals surface area contributed by atoms with Gasteiger partial charge in [0.15, 0.2) is 0 Å². The second-order valence-electron chi connectivity index (χ2n) is 3.27. The van der Waals surface area contributed by atoms with E-state index >= 15 is 0 Å². The number of rotatable bonds is 2. The lowest BCUT2D eigenvalue weighted by molar-refractivity contribution is -0.00812. The van der Waals surface area contributed by atoms with Crippen molar-refractivity contribution in [3.63, 3.8) is 0 Å². The molecule has 1 rings (SSSR count). The third-order valence-electron chi connectivity index (χ3n) is 2.52. The van der Waals surface area contributed by atoms with Crippen LogP contribution in [0.4, 0.5) is 0 Å². The third kappa shape index (κ3) is 1.50. The van der Waals surface area contributed by atoms with E-state index < -0.39 is 5.60 Å². The monoisotopic (exact) mass is 144 g/mol. The van der Waals surface area contributed by atoms with Gasteiger partial charge in [-0.3, -0.25) is 0 Å². The summed E-state index contributed by atoms with van der Waals surface area (Å²) in [4.78, 5) is 0. The van der Waals surface area contributed by atoms with Gasteiger partial charge in [0, 0.05) is 12.5 Å². The molecule has 1 aliphatic heterocycles. The lowest BCUT2D eigenvalue weighted by atomic mass is 9.86. The lowest BCUT2D eigenvalue weighted by Gasteiger charge is -2.27. The van der Waals surface area contributed by atoms with Crippen molar-refractivity contribution in [2.24, 2.45) is 5.92 Å². The minimum Gasteiger partial charge on any atom is -0.390 e. The van der Waals surface area contributed by atoms with E-state index in [0.717, 1.165) is 26.1 Å². The fourth-order valence-corrected chi connectivity index (χ4v) is 1.31. The van der Waals surface area contributed by atoms with Crippen molar-refractivity contribution in [3.05, 3.63) is 0 Å². The summed E-state index contributed by atoms with van der Waals surface area (Å²) < 4.78 is 5.19. The van der Waals surface area contributed by atoms with Crippen LogP contribution in [0.3, 0.4) is 0 Å². The summed E-state index contributed by atoms with van der Waals surface area (Å²) in [6, 6.07) is 0. The second-order valence-corrected chi connectivity index (χ2v) is 3.27. The molecule has 1 N–H and O–H groups in total. The highest BCUT2D eigenvalue weighted by atomic mass is 16.5. The molecule has 1 heterocycles. The van der Waals surface area contributed by atoms with Crippen LogP contribution in [0.15, 0.2) is 0 Å². The molecule has 2 unspecified atom stereocenters. The van der Waals surface area contributed by atoms with Crippen molar-refractivity contribution in [2.75, 3.05) is 13.2 Å². The predicted molar refractivity (Wildman–Crippen MR) is 39.8 cm³/mol. The first-order chi connectivity index (χ1) is 4.67. The molecule has 1 saturated heterocycles. The van der Waals surface area contributed by atoms with E-state index in [9.17, 15) is 5.11 Å². The van der Waals surface area contributed by atoms with Crippen molar-refractivity contribution < 1.29 is 9.84 Å². The summed E-state index contributed by atoms with van der Waals surface area (Å²) in [6.45, 7) is 5.46. The van der Waals surface area contributed by atoms with Crippen molar-refractivity contribution in [1.82, 2.24) is 0 Å². The Balaban J connectivity index is 2.45. The third-order valence-corrected chi connectivity index (χ3v) is 2.52. The highest BCUT2D eigenvalue weighted by Gasteiger charge is 2.32. The van der Waals surface area contributed by atoms with Gasteiger partial charge in [-0.05, 0) is 19.8 Å². The molecular weight excluding hydrogens is 128 g/mol. The van der Waals surface area contributed by atoms with Gasteiger partial charge in [-0.1, -0.05) is 6.92 Å². The maximum absolute atomic E-state index is 9.74. The summed E-state index contributed by atoms with van der Waals surface area (Å²) in [5, 5.41) is 9.74. The average Bonchev–Trinajstić information content (AvgIpc) is 2.38. The summed E-state index contributed by atoms with van der Waals surface area (Å²) in [5.74, 6) is 0.359. The Hall–Kier alpha value is -0.0800. The van der Waals surface area contributed by atoms with Crippen molar-refractivity contribution in [1.29, 1.82) is 0 Å². The van der Waals surface area contributed by atoms with Crippen molar-refractivity contribution in [2.45, 2.75) is 32.3 Å². The number of hydrogen-bond acceptors (Lipinski definition) is 2. The molecule has 0 aromatic heterocycles. The van der Waals surface area contributed by atoms with E-state index in [2.05, 4.69) is 0 Å². The van der Waals surface area contributed by atoms with Gasteiger partial charge in [-0.15, -0.1) is 0 Å². The molecule has 2 atom stereocenters. The molecule has 0 radical (unpaired) electrons. The summed E-state index contributed by atoms with van der Waals surface area (Å²) >= 11 is 0. The first kappa shape index (κ1) is 8.02. The molecule has 0 aromatic carbocycles. The van der Waals surface area contributed by atoms with Crippen LogP contribution in [0.5, 0.6) is 0 Å². The first-order valence-corrected chi connectivity index (χ1v) is 3.97. The molecular formula is C8H16O2. The molecule has 0 bridgehead atoms. The average molecular weight is 144 g/mol. The van der Waals surface area contributed by atoms with Crippen molar-refractivity contribution in [3.8, 4) is 0 Å². The Labute approximate surface area is 62.2 Å². The van der Waals surface area contributed by atoms with Crippen LogP contribution in [0.25, 0.3) is 0 Å². The highest BCUT2D eigenvalue weighted by molar-refractivity contribution is 4.82. The molecule has 1 aliphatic rings. The van der Waals surface area contributed by atoms with E-state index in [0.29, 0.717) is 5.92 Å². The SMILES string of the molecule is CCC(C)(O)C1CCOC1. The maximum atomic E-state index is 9.74. The number of hydrogen-bond donors (Lipinski definition) is 1. The smallest absolute Gasteiger partial charge is 0.0668 e. The fraction of sp³-hybridized carbons (Fsp3) is 1.00. The van der Waals surface area contributed by atoms with Crippen LogP contribution in [0.2, 0.25) is 0 Å². The van der Waals surface area contributed by atoms with Gasteiger partial charge in [0.2, 0.25) is 0 Å².